The first-order valence-electron chi connectivity index (χ1n) is 9.75. The summed E-state index contributed by atoms with van der Waals surface area (Å²) in [5, 5.41) is 14.2. The van der Waals surface area contributed by atoms with Gasteiger partial charge in [-0.2, -0.15) is 0 Å². The molecule has 0 unspecified atom stereocenters. The maximum Gasteiger partial charge on any atom is 0.282 e. The zero-order valence-electron chi connectivity index (χ0n) is 15.9. The topological polar surface area (TPSA) is 110 Å². The number of benzene rings is 1. The van der Waals surface area contributed by atoms with E-state index >= 15 is 0 Å². The third kappa shape index (κ3) is 2.78. The van der Waals surface area contributed by atoms with Gasteiger partial charge in [-0.25, -0.2) is 0 Å². The van der Waals surface area contributed by atoms with Crippen LogP contribution in [-0.2, 0) is 4.79 Å². The summed E-state index contributed by atoms with van der Waals surface area (Å²) in [6, 6.07) is 2.87. The summed E-state index contributed by atoms with van der Waals surface area (Å²) in [4.78, 5) is 49.6. The Kier molecular flexibility index (Phi) is 4.44. The summed E-state index contributed by atoms with van der Waals surface area (Å²) in [6.07, 6.45) is 4.81. The summed E-state index contributed by atoms with van der Waals surface area (Å²) in [5.74, 6) is -0.0480. The number of rotatable bonds is 5. The molecular weight excluding hydrogens is 362 g/mol. The molecule has 0 radical (unpaired) electrons. The van der Waals surface area contributed by atoms with Crippen LogP contribution in [0.1, 0.15) is 60.2 Å². The van der Waals surface area contributed by atoms with Crippen LogP contribution in [0.5, 0.6) is 0 Å². The monoisotopic (exact) mass is 385 g/mol. The van der Waals surface area contributed by atoms with Crippen LogP contribution in [0.2, 0.25) is 0 Å². The number of carbonyl (C=O) groups excluding carboxylic acids is 3. The lowest BCUT2D eigenvalue weighted by atomic mass is 9.84. The fourth-order valence-corrected chi connectivity index (χ4v) is 5.27. The van der Waals surface area contributed by atoms with Gasteiger partial charge in [0.2, 0.25) is 5.91 Å². The van der Waals surface area contributed by atoms with Crippen molar-refractivity contribution in [3.05, 3.63) is 39.4 Å². The molecule has 1 aromatic rings. The van der Waals surface area contributed by atoms with E-state index in [1.165, 1.54) is 44.4 Å². The molecule has 2 saturated carbocycles. The van der Waals surface area contributed by atoms with Crippen LogP contribution in [0.15, 0.2) is 18.2 Å². The second-order valence-corrected chi connectivity index (χ2v) is 8.25. The molecule has 28 heavy (non-hydrogen) atoms. The lowest BCUT2D eigenvalue weighted by Crippen LogP contribution is -2.51. The van der Waals surface area contributed by atoms with Gasteiger partial charge in [0.25, 0.3) is 17.5 Å². The number of nitrogens with one attached hydrogen (secondary N) is 1. The normalized spacial score (nSPS) is 27.6. The van der Waals surface area contributed by atoms with E-state index in [1.807, 2.05) is 6.92 Å². The SMILES string of the molecule is C[C@H](NC(=O)[C@H](C)N1C(=O)c2cccc([N+](=O)[O-])c2C1=O)[C@@H]1C[C@H]2CC[C@H]1C2. The van der Waals surface area contributed by atoms with Crippen LogP contribution >= 0.6 is 0 Å². The summed E-state index contributed by atoms with van der Waals surface area (Å²) < 4.78 is 0. The number of hydrogen-bond acceptors (Lipinski definition) is 5. The number of nitro groups is 1. The third-order valence-corrected chi connectivity index (χ3v) is 6.69. The van der Waals surface area contributed by atoms with Crippen LogP contribution in [-0.4, -0.2) is 39.6 Å². The van der Waals surface area contributed by atoms with Gasteiger partial charge in [-0.1, -0.05) is 12.5 Å². The predicted molar refractivity (Wildman–Crippen MR) is 99.6 cm³/mol. The molecule has 148 valence electrons. The Morgan fingerprint density at radius 1 is 1.21 bits per heavy atom. The number of hydrogen-bond donors (Lipinski definition) is 1. The van der Waals surface area contributed by atoms with Crippen LogP contribution in [0.3, 0.4) is 0 Å². The number of carbonyl (C=O) groups is 3. The number of nitro benzene ring substituents is 1. The molecule has 0 saturated heterocycles. The van der Waals surface area contributed by atoms with Gasteiger partial charge in [-0.3, -0.25) is 29.4 Å². The van der Waals surface area contributed by atoms with Gasteiger partial charge in [-0.05, 0) is 56.9 Å². The number of fused-ring (bicyclic) bond motifs is 3. The Morgan fingerprint density at radius 3 is 2.57 bits per heavy atom. The van der Waals surface area contributed by atoms with E-state index in [4.69, 9.17) is 0 Å². The third-order valence-electron chi connectivity index (χ3n) is 6.69. The van der Waals surface area contributed by atoms with Crippen molar-refractivity contribution in [3.8, 4) is 0 Å². The zero-order chi connectivity index (χ0) is 20.2. The van der Waals surface area contributed by atoms with Gasteiger partial charge in [0.05, 0.1) is 10.5 Å². The van der Waals surface area contributed by atoms with Crippen LogP contribution < -0.4 is 5.32 Å². The van der Waals surface area contributed by atoms with Gasteiger partial charge < -0.3 is 5.32 Å². The minimum Gasteiger partial charge on any atom is -0.352 e. The van der Waals surface area contributed by atoms with Gasteiger partial charge in [-0.15, -0.1) is 0 Å². The summed E-state index contributed by atoms with van der Waals surface area (Å²) in [6.45, 7) is 3.46. The zero-order valence-corrected chi connectivity index (χ0v) is 15.9. The Balaban J connectivity index is 1.50. The summed E-state index contributed by atoms with van der Waals surface area (Å²) in [5.41, 5.74) is -0.681. The van der Waals surface area contributed by atoms with Gasteiger partial charge in [0, 0.05) is 12.1 Å². The first kappa shape index (κ1) is 18.6. The quantitative estimate of drug-likeness (QED) is 0.476. The molecule has 1 heterocycles. The average Bonchev–Trinajstić information content (AvgIpc) is 3.35. The van der Waals surface area contributed by atoms with E-state index in [0.29, 0.717) is 11.8 Å². The van der Waals surface area contributed by atoms with Gasteiger partial charge in [0.1, 0.15) is 11.6 Å². The molecule has 1 N–H and O–H groups in total. The highest BCUT2D eigenvalue weighted by atomic mass is 16.6. The Labute approximate surface area is 162 Å². The van der Waals surface area contributed by atoms with E-state index < -0.39 is 34.4 Å². The Morgan fingerprint density at radius 2 is 1.96 bits per heavy atom. The van der Waals surface area contributed by atoms with Crippen molar-refractivity contribution in [1.29, 1.82) is 0 Å². The fraction of sp³-hybridized carbons (Fsp3) is 0.550. The highest BCUT2D eigenvalue weighted by molar-refractivity contribution is 6.24. The Hall–Kier alpha value is -2.77. The highest BCUT2D eigenvalue weighted by Crippen LogP contribution is 2.49. The van der Waals surface area contributed by atoms with Crippen molar-refractivity contribution in [2.75, 3.05) is 0 Å². The average molecular weight is 385 g/mol. The molecule has 5 atom stereocenters. The maximum absolute atomic E-state index is 12.8. The first-order valence-corrected chi connectivity index (χ1v) is 9.75. The van der Waals surface area contributed by atoms with Crippen molar-refractivity contribution >= 4 is 23.4 Å². The molecule has 2 bridgehead atoms. The molecule has 3 amide bonds. The van der Waals surface area contributed by atoms with Crippen LogP contribution in [0, 0.1) is 27.9 Å². The second kappa shape index (κ2) is 6.68. The molecule has 3 aliphatic rings. The van der Waals surface area contributed by atoms with Crippen LogP contribution in [0.25, 0.3) is 0 Å². The smallest absolute Gasteiger partial charge is 0.282 e. The lowest BCUT2D eigenvalue weighted by molar-refractivity contribution is -0.385. The van der Waals surface area contributed by atoms with Crippen molar-refractivity contribution in [1.82, 2.24) is 10.2 Å². The molecule has 2 fully saturated rings. The molecule has 0 aromatic heterocycles. The van der Waals surface area contributed by atoms with Crippen molar-refractivity contribution in [2.45, 2.75) is 51.6 Å². The van der Waals surface area contributed by atoms with E-state index in [9.17, 15) is 24.5 Å². The molecule has 8 heteroatoms. The molecule has 8 nitrogen and oxygen atoms in total. The van der Waals surface area contributed by atoms with E-state index in [1.54, 1.807) is 0 Å². The minimum absolute atomic E-state index is 0.0278. The first-order chi connectivity index (χ1) is 13.3. The van der Waals surface area contributed by atoms with Crippen LogP contribution in [0.4, 0.5) is 5.69 Å². The number of amides is 3. The molecule has 1 aliphatic heterocycles. The van der Waals surface area contributed by atoms with Gasteiger partial charge >= 0.3 is 0 Å². The summed E-state index contributed by atoms with van der Waals surface area (Å²) in [7, 11) is 0. The standard InChI is InChI=1S/C20H23N3O5/c1-10(15-9-12-6-7-13(15)8-12)21-18(24)11(2)22-19(25)14-4-3-5-16(23(27)28)17(14)20(22)26/h3-5,10-13,15H,6-9H2,1-2H3,(H,21,24)/t10-,11-,12-,13-,15-/m0/s1. The maximum atomic E-state index is 12.8. The summed E-state index contributed by atoms with van der Waals surface area (Å²) >= 11 is 0. The minimum atomic E-state index is -1.03. The van der Waals surface area contributed by atoms with E-state index in [2.05, 4.69) is 5.32 Å². The van der Waals surface area contributed by atoms with E-state index in [0.717, 1.165) is 17.2 Å². The van der Waals surface area contributed by atoms with Gasteiger partial charge in [0.15, 0.2) is 0 Å². The second-order valence-electron chi connectivity index (χ2n) is 8.25. The molecule has 4 rings (SSSR count). The number of nitrogens with zero attached hydrogens (tertiary/aromatic N) is 2. The molecule has 0 spiro atoms. The lowest BCUT2D eigenvalue weighted by Gasteiger charge is -2.30. The van der Waals surface area contributed by atoms with Crippen molar-refractivity contribution < 1.29 is 19.3 Å². The highest BCUT2D eigenvalue weighted by Gasteiger charge is 2.46. The fourth-order valence-electron chi connectivity index (χ4n) is 5.27. The predicted octanol–water partition coefficient (Wildman–Crippen LogP) is 2.52. The number of imide groups is 1. The van der Waals surface area contributed by atoms with Crippen molar-refractivity contribution in [2.24, 2.45) is 17.8 Å². The molecular formula is C20H23N3O5. The largest absolute Gasteiger partial charge is 0.352 e. The molecule has 1 aromatic carbocycles. The van der Waals surface area contributed by atoms with Crippen molar-refractivity contribution in [3.63, 3.8) is 0 Å². The Bertz CT molecular complexity index is 883. The van der Waals surface area contributed by atoms with E-state index in [-0.39, 0.29) is 17.2 Å². The molecule has 2 aliphatic carbocycles.